The van der Waals surface area contributed by atoms with Gasteiger partial charge in [0.05, 0.1) is 0 Å². The summed E-state index contributed by atoms with van der Waals surface area (Å²) in [6, 6.07) is 13.7. The Labute approximate surface area is 278 Å². The van der Waals surface area contributed by atoms with E-state index >= 15 is 0 Å². The molecule has 13 heteroatoms. The maximum atomic E-state index is 13.5. The van der Waals surface area contributed by atoms with Crippen molar-refractivity contribution in [2.45, 2.75) is 52.5 Å². The molecule has 1 aliphatic rings. The van der Waals surface area contributed by atoms with Crippen LogP contribution in [0.5, 0.6) is 0 Å². The third-order valence-corrected chi connectivity index (χ3v) is 8.59. The van der Waals surface area contributed by atoms with Crippen LogP contribution in [0, 0.1) is 5.92 Å². The lowest BCUT2D eigenvalue weighted by molar-refractivity contribution is -0.135. The van der Waals surface area contributed by atoms with E-state index in [1.54, 1.807) is 49.8 Å². The number of likely N-dealkylation sites (tertiary alicyclic amines) is 1. The molecule has 3 N–H and O–H groups in total. The SMILES string of the molecule is C=Nn1c(C2CCN(C(=O)C(C)C)CC2)cc(-c2ccc(NC(=O)c3cn(C(C)C)c(=O)n(-c4ccccn4)c3=O)cc2)c1/C(N)=N\C. The average molecular weight is 652 g/mol. The minimum Gasteiger partial charge on any atom is -0.382 e. The van der Waals surface area contributed by atoms with E-state index < -0.39 is 17.2 Å². The Kier molecular flexibility index (Phi) is 9.87. The van der Waals surface area contributed by atoms with Crippen molar-refractivity contribution >= 4 is 30.1 Å². The van der Waals surface area contributed by atoms with Crippen LogP contribution in [-0.2, 0) is 4.79 Å². The smallest absolute Gasteiger partial charge is 0.337 e. The number of anilines is 1. The molecule has 13 nitrogen and oxygen atoms in total. The summed E-state index contributed by atoms with van der Waals surface area (Å²) in [7, 11) is 1.61. The van der Waals surface area contributed by atoms with Crippen molar-refractivity contribution < 1.29 is 9.59 Å². The van der Waals surface area contributed by atoms with Crippen LogP contribution in [-0.4, -0.2) is 68.2 Å². The van der Waals surface area contributed by atoms with Crippen LogP contribution < -0.4 is 22.3 Å². The minimum absolute atomic E-state index is 0.0492. The first-order chi connectivity index (χ1) is 23.0. The average Bonchev–Trinajstić information content (AvgIpc) is 3.48. The second-order valence-electron chi connectivity index (χ2n) is 12.3. The summed E-state index contributed by atoms with van der Waals surface area (Å²) in [6.07, 6.45) is 4.31. The monoisotopic (exact) mass is 651 g/mol. The van der Waals surface area contributed by atoms with Gasteiger partial charge in [-0.3, -0.25) is 23.9 Å². The number of carbonyl (C=O) groups excluding carboxylic acids is 2. The first-order valence-corrected chi connectivity index (χ1v) is 15.9. The number of hydrogen-bond donors (Lipinski definition) is 2. The standard InChI is InChI=1S/C35H41N9O4/c1-21(2)33(46)41-17-14-24(15-18-41)28-19-26(30(31(36)37-5)44(28)38-6)23-10-12-25(13-11-23)40-32(45)27-20-42(22(3)4)35(48)43(34(27)47)29-9-7-8-16-39-29/h7-13,16,19-22,24H,6,14-15,17-18H2,1-5H3,(H2,36,37)(H,40,45). The Morgan fingerprint density at radius 2 is 1.73 bits per heavy atom. The van der Waals surface area contributed by atoms with Crippen molar-refractivity contribution in [1.29, 1.82) is 0 Å². The van der Waals surface area contributed by atoms with Gasteiger partial charge in [0.15, 0.2) is 0 Å². The lowest BCUT2D eigenvalue weighted by atomic mass is 9.92. The van der Waals surface area contributed by atoms with E-state index in [-0.39, 0.29) is 41.0 Å². The van der Waals surface area contributed by atoms with Crippen LogP contribution in [0.2, 0.25) is 0 Å². The van der Waals surface area contributed by atoms with Crippen molar-refractivity contribution in [2.75, 3.05) is 25.5 Å². The van der Waals surface area contributed by atoms with E-state index in [0.29, 0.717) is 24.5 Å². The number of amidine groups is 1. The predicted molar refractivity (Wildman–Crippen MR) is 187 cm³/mol. The second kappa shape index (κ2) is 14.0. The molecule has 0 spiro atoms. The summed E-state index contributed by atoms with van der Waals surface area (Å²) in [5, 5.41) is 7.09. The molecule has 0 aliphatic carbocycles. The van der Waals surface area contributed by atoms with Gasteiger partial charge < -0.3 is 16.0 Å². The molecule has 1 fully saturated rings. The zero-order valence-electron chi connectivity index (χ0n) is 27.9. The van der Waals surface area contributed by atoms with Crippen molar-refractivity contribution in [3.8, 4) is 16.9 Å². The van der Waals surface area contributed by atoms with Gasteiger partial charge in [0.2, 0.25) is 5.91 Å². The van der Waals surface area contributed by atoms with Crippen molar-refractivity contribution in [3.63, 3.8) is 0 Å². The van der Waals surface area contributed by atoms with Crippen LogP contribution in [0.4, 0.5) is 5.69 Å². The third-order valence-electron chi connectivity index (χ3n) is 8.59. The molecule has 0 atom stereocenters. The summed E-state index contributed by atoms with van der Waals surface area (Å²) in [4.78, 5) is 62.9. The molecule has 0 radical (unpaired) electrons. The van der Waals surface area contributed by atoms with Gasteiger partial charge in [-0.15, -0.1) is 0 Å². The Morgan fingerprint density at radius 3 is 2.29 bits per heavy atom. The normalized spacial score (nSPS) is 14.1. The predicted octanol–water partition coefficient (Wildman–Crippen LogP) is 3.86. The molecule has 250 valence electrons. The first-order valence-electron chi connectivity index (χ1n) is 15.9. The van der Waals surface area contributed by atoms with Gasteiger partial charge in [0.1, 0.15) is 22.9 Å². The van der Waals surface area contributed by atoms with Crippen molar-refractivity contribution in [2.24, 2.45) is 21.7 Å². The summed E-state index contributed by atoms with van der Waals surface area (Å²) in [6.45, 7) is 12.5. The number of aromatic nitrogens is 4. The highest BCUT2D eigenvalue weighted by atomic mass is 16.2. The van der Waals surface area contributed by atoms with Gasteiger partial charge in [-0.05, 0) is 62.6 Å². The lowest BCUT2D eigenvalue weighted by Gasteiger charge is -2.33. The molecule has 48 heavy (non-hydrogen) atoms. The number of aliphatic imine (C=N–C) groups is 1. The molecule has 1 aromatic carbocycles. The number of rotatable bonds is 9. The fourth-order valence-electron chi connectivity index (χ4n) is 6.01. The number of piperidine rings is 1. The van der Waals surface area contributed by atoms with Gasteiger partial charge in [0, 0.05) is 74.1 Å². The highest BCUT2D eigenvalue weighted by Crippen LogP contribution is 2.36. The first kappa shape index (κ1) is 33.8. The Hall–Kier alpha value is -5.59. The summed E-state index contributed by atoms with van der Waals surface area (Å²) < 4.78 is 3.96. The van der Waals surface area contributed by atoms with Crippen molar-refractivity contribution in [3.05, 3.63) is 98.7 Å². The van der Waals surface area contributed by atoms with Crippen LogP contribution in [0.1, 0.15) is 74.2 Å². The summed E-state index contributed by atoms with van der Waals surface area (Å²) in [5.41, 5.74) is 8.40. The molecule has 0 saturated carbocycles. The number of carbonyl (C=O) groups is 2. The molecule has 0 unspecified atom stereocenters. The van der Waals surface area contributed by atoms with E-state index in [2.05, 4.69) is 27.1 Å². The van der Waals surface area contributed by atoms with E-state index in [4.69, 9.17) is 5.73 Å². The van der Waals surface area contributed by atoms with Gasteiger partial charge >= 0.3 is 5.69 Å². The molecular weight excluding hydrogens is 610 g/mol. The lowest BCUT2D eigenvalue weighted by Crippen LogP contribution is -2.43. The molecular formula is C35H41N9O4. The van der Waals surface area contributed by atoms with Gasteiger partial charge in [0.25, 0.3) is 11.5 Å². The number of nitrogens with one attached hydrogen (secondary N) is 1. The highest BCUT2D eigenvalue weighted by Gasteiger charge is 2.30. The van der Waals surface area contributed by atoms with Crippen LogP contribution in [0.25, 0.3) is 16.9 Å². The third kappa shape index (κ3) is 6.48. The molecule has 0 bridgehead atoms. The number of nitrogens with zero attached hydrogens (tertiary/aromatic N) is 7. The number of amides is 2. The van der Waals surface area contributed by atoms with Crippen LogP contribution >= 0.6 is 0 Å². The maximum Gasteiger partial charge on any atom is 0.337 e. The van der Waals surface area contributed by atoms with Gasteiger partial charge in [-0.2, -0.15) is 5.10 Å². The zero-order valence-corrected chi connectivity index (χ0v) is 27.9. The number of pyridine rings is 1. The molecule has 5 rings (SSSR count). The molecule has 3 aromatic heterocycles. The minimum atomic E-state index is -0.770. The number of benzene rings is 1. The van der Waals surface area contributed by atoms with Gasteiger partial charge in [-0.25, -0.2) is 19.0 Å². The van der Waals surface area contributed by atoms with E-state index in [1.165, 1.54) is 23.0 Å². The topological polar surface area (TPSA) is 162 Å². The molecule has 1 aliphatic heterocycles. The number of nitrogens with two attached hydrogens (primary N) is 1. The van der Waals surface area contributed by atoms with Crippen LogP contribution in [0.3, 0.4) is 0 Å². The fraction of sp³-hybridized carbons (Fsp3) is 0.343. The fourth-order valence-corrected chi connectivity index (χ4v) is 6.01. The molecule has 4 heterocycles. The van der Waals surface area contributed by atoms with E-state index in [1.807, 2.05) is 36.9 Å². The van der Waals surface area contributed by atoms with Crippen LogP contribution in [0.15, 0.2) is 80.6 Å². The maximum absolute atomic E-state index is 13.5. The van der Waals surface area contributed by atoms with Gasteiger partial charge in [-0.1, -0.05) is 32.0 Å². The Morgan fingerprint density at radius 1 is 1.04 bits per heavy atom. The molecule has 1 saturated heterocycles. The quantitative estimate of drug-likeness (QED) is 0.206. The number of hydrogen-bond acceptors (Lipinski definition) is 7. The van der Waals surface area contributed by atoms with Crippen molar-refractivity contribution in [1.82, 2.24) is 23.7 Å². The highest BCUT2D eigenvalue weighted by molar-refractivity contribution is 6.05. The van der Waals surface area contributed by atoms with E-state index in [0.717, 1.165) is 34.2 Å². The largest absolute Gasteiger partial charge is 0.382 e. The summed E-state index contributed by atoms with van der Waals surface area (Å²) in [5.74, 6) is -0.0125. The summed E-state index contributed by atoms with van der Waals surface area (Å²) >= 11 is 0. The second-order valence-corrected chi connectivity index (χ2v) is 12.3. The molecule has 4 aromatic rings. The Bertz CT molecular complexity index is 1980. The molecule has 2 amide bonds. The van der Waals surface area contributed by atoms with E-state index in [9.17, 15) is 19.2 Å². The Balaban J connectivity index is 1.45. The zero-order chi connectivity index (χ0) is 34.7.